The lowest BCUT2D eigenvalue weighted by Crippen LogP contribution is -2.21. The van der Waals surface area contributed by atoms with E-state index < -0.39 is 18.2 Å². The summed E-state index contributed by atoms with van der Waals surface area (Å²) in [6, 6.07) is 3.86. The Labute approximate surface area is 172 Å². The van der Waals surface area contributed by atoms with Crippen LogP contribution < -0.4 is 0 Å². The third-order valence-electron chi connectivity index (χ3n) is 6.39. The fourth-order valence-electron chi connectivity index (χ4n) is 4.75. The van der Waals surface area contributed by atoms with Gasteiger partial charge in [-0.15, -0.1) is 0 Å². The van der Waals surface area contributed by atoms with Crippen molar-refractivity contribution in [2.24, 2.45) is 17.8 Å². The second-order valence-electron chi connectivity index (χ2n) is 8.65. The zero-order valence-electron chi connectivity index (χ0n) is 17.2. The van der Waals surface area contributed by atoms with Gasteiger partial charge < -0.3 is 24.5 Å². The van der Waals surface area contributed by atoms with Gasteiger partial charge in [0.1, 0.15) is 11.5 Å². The topological polar surface area (TPSA) is 100 Å². The van der Waals surface area contributed by atoms with Crippen LogP contribution in [-0.4, -0.2) is 46.2 Å². The molecule has 3 N–H and O–H groups in total. The van der Waals surface area contributed by atoms with Crippen LogP contribution in [-0.2, 0) is 16.0 Å². The minimum absolute atomic E-state index is 0.00160. The maximum atomic E-state index is 10.7. The van der Waals surface area contributed by atoms with Gasteiger partial charge in [0.05, 0.1) is 18.3 Å². The van der Waals surface area contributed by atoms with Crippen LogP contribution in [0.25, 0.3) is 0 Å². The van der Waals surface area contributed by atoms with E-state index in [-0.39, 0.29) is 24.4 Å². The summed E-state index contributed by atoms with van der Waals surface area (Å²) >= 11 is 0. The number of fused-ring (bicyclic) bond motifs is 1. The number of aliphatic carboxylic acids is 1. The molecule has 0 unspecified atom stereocenters. The number of hydrogen-bond donors (Lipinski definition) is 3. The Hall–Kier alpha value is -1.63. The van der Waals surface area contributed by atoms with Crippen molar-refractivity contribution in [3.8, 4) is 0 Å². The van der Waals surface area contributed by atoms with Crippen molar-refractivity contribution in [1.82, 2.24) is 0 Å². The molecular formula is C23H34O6. The standard InChI is InChI=1S/C23H34O6/c1-15-5-9-18(29-15)10-7-17(24)8-12-19-20-11-6-16(3-2-4-23(26)27)14-28-22(20)13-21(19)25/h5,8-9,12,16-17,19-22,24-25H,2-4,6-7,10-11,13-14H2,1H3,(H,26,27)/b12-8+/t16-,17+,19+,20+,21+,22-/m0/s1. The summed E-state index contributed by atoms with van der Waals surface area (Å²) in [7, 11) is 0. The predicted molar refractivity (Wildman–Crippen MR) is 108 cm³/mol. The second kappa shape index (κ2) is 10.4. The molecule has 6 heteroatoms. The summed E-state index contributed by atoms with van der Waals surface area (Å²) in [6.07, 6.45) is 8.46. The average Bonchev–Trinajstić information content (AvgIpc) is 3.15. The smallest absolute Gasteiger partial charge is 0.303 e. The molecule has 1 aliphatic carbocycles. The van der Waals surface area contributed by atoms with Crippen molar-refractivity contribution in [3.05, 3.63) is 35.8 Å². The zero-order chi connectivity index (χ0) is 20.8. The van der Waals surface area contributed by atoms with Crippen LogP contribution in [0.1, 0.15) is 56.5 Å². The number of carboxylic acids is 1. The Balaban J connectivity index is 1.48. The highest BCUT2D eigenvalue weighted by Gasteiger charge is 2.43. The molecule has 1 saturated carbocycles. The minimum atomic E-state index is -0.745. The molecule has 0 bridgehead atoms. The largest absolute Gasteiger partial charge is 0.481 e. The Morgan fingerprint density at radius 1 is 1.34 bits per heavy atom. The normalized spacial score (nSPS) is 30.9. The van der Waals surface area contributed by atoms with Crippen molar-refractivity contribution in [2.45, 2.75) is 76.6 Å². The zero-order valence-corrected chi connectivity index (χ0v) is 17.2. The molecule has 0 aromatic carbocycles. The number of aliphatic hydroxyl groups is 2. The van der Waals surface area contributed by atoms with Gasteiger partial charge >= 0.3 is 5.97 Å². The van der Waals surface area contributed by atoms with Gasteiger partial charge in [-0.1, -0.05) is 12.2 Å². The van der Waals surface area contributed by atoms with Gasteiger partial charge in [-0.3, -0.25) is 4.79 Å². The molecule has 0 radical (unpaired) electrons. The first-order chi connectivity index (χ1) is 13.9. The van der Waals surface area contributed by atoms with Crippen molar-refractivity contribution in [2.75, 3.05) is 6.61 Å². The molecule has 1 aliphatic heterocycles. The van der Waals surface area contributed by atoms with Crippen LogP contribution in [0.15, 0.2) is 28.7 Å². The Morgan fingerprint density at radius 2 is 2.17 bits per heavy atom. The van der Waals surface area contributed by atoms with Gasteiger partial charge in [-0.2, -0.15) is 0 Å². The van der Waals surface area contributed by atoms with E-state index in [1.807, 2.05) is 25.1 Å². The predicted octanol–water partition coefficient (Wildman–Crippen LogP) is 3.48. The van der Waals surface area contributed by atoms with E-state index in [1.165, 1.54) is 0 Å². The highest BCUT2D eigenvalue weighted by atomic mass is 16.5. The number of aryl methyl sites for hydroxylation is 2. The minimum Gasteiger partial charge on any atom is -0.481 e. The SMILES string of the molecule is Cc1ccc(CC[C@@H](O)/C=C/[C@@H]2[C@H]3CC[C@H](CCCC(=O)O)CO[C@H]3C[C@H]2O)o1. The first-order valence-corrected chi connectivity index (χ1v) is 10.9. The van der Waals surface area contributed by atoms with Gasteiger partial charge in [0, 0.05) is 31.8 Å². The number of ether oxygens (including phenoxy) is 1. The summed E-state index contributed by atoms with van der Waals surface area (Å²) in [5.74, 6) is 1.65. The van der Waals surface area contributed by atoms with E-state index >= 15 is 0 Å². The molecular weight excluding hydrogens is 372 g/mol. The summed E-state index contributed by atoms with van der Waals surface area (Å²) in [4.78, 5) is 10.7. The van der Waals surface area contributed by atoms with Gasteiger partial charge in [0.2, 0.25) is 0 Å². The summed E-state index contributed by atoms with van der Waals surface area (Å²) in [5.41, 5.74) is 0. The Bertz CT molecular complexity index is 681. The molecule has 1 aromatic rings. The van der Waals surface area contributed by atoms with Crippen LogP contribution in [0, 0.1) is 24.7 Å². The van der Waals surface area contributed by atoms with Gasteiger partial charge in [-0.25, -0.2) is 0 Å². The molecule has 2 heterocycles. The van der Waals surface area contributed by atoms with Gasteiger partial charge in [-0.05, 0) is 63.0 Å². The molecule has 29 heavy (non-hydrogen) atoms. The van der Waals surface area contributed by atoms with Crippen LogP contribution in [0.2, 0.25) is 0 Å². The number of carbonyl (C=O) groups is 1. The maximum Gasteiger partial charge on any atom is 0.303 e. The quantitative estimate of drug-likeness (QED) is 0.543. The fourth-order valence-corrected chi connectivity index (χ4v) is 4.75. The highest BCUT2D eigenvalue weighted by Crippen LogP contribution is 2.42. The van der Waals surface area contributed by atoms with E-state index in [1.54, 1.807) is 6.08 Å². The monoisotopic (exact) mass is 406 g/mol. The molecule has 0 amide bonds. The first-order valence-electron chi connectivity index (χ1n) is 10.9. The third kappa shape index (κ3) is 6.43. The summed E-state index contributed by atoms with van der Waals surface area (Å²) in [5, 5.41) is 29.6. The molecule has 6 nitrogen and oxygen atoms in total. The molecule has 1 aromatic heterocycles. The number of rotatable bonds is 9. The first kappa shape index (κ1) is 22.1. The van der Waals surface area contributed by atoms with Crippen LogP contribution in [0.5, 0.6) is 0 Å². The molecule has 2 aliphatic rings. The molecule has 162 valence electrons. The van der Waals surface area contributed by atoms with E-state index in [0.717, 1.165) is 30.8 Å². The maximum absolute atomic E-state index is 10.7. The lowest BCUT2D eigenvalue weighted by atomic mass is 9.86. The Kier molecular flexibility index (Phi) is 7.92. The van der Waals surface area contributed by atoms with Crippen LogP contribution in [0.4, 0.5) is 0 Å². The molecule has 6 atom stereocenters. The van der Waals surface area contributed by atoms with E-state index in [2.05, 4.69) is 0 Å². The van der Waals surface area contributed by atoms with Crippen LogP contribution in [0.3, 0.4) is 0 Å². The van der Waals surface area contributed by atoms with E-state index in [0.29, 0.717) is 38.2 Å². The lowest BCUT2D eigenvalue weighted by Gasteiger charge is -2.21. The number of aliphatic hydroxyl groups excluding tert-OH is 2. The van der Waals surface area contributed by atoms with Crippen molar-refractivity contribution in [3.63, 3.8) is 0 Å². The number of furan rings is 1. The highest BCUT2D eigenvalue weighted by molar-refractivity contribution is 5.66. The van der Waals surface area contributed by atoms with Gasteiger partial charge in [0.25, 0.3) is 0 Å². The molecule has 1 saturated heterocycles. The third-order valence-corrected chi connectivity index (χ3v) is 6.39. The van der Waals surface area contributed by atoms with E-state index in [4.69, 9.17) is 14.3 Å². The number of hydrogen-bond acceptors (Lipinski definition) is 5. The van der Waals surface area contributed by atoms with Crippen molar-refractivity contribution >= 4 is 5.97 Å². The lowest BCUT2D eigenvalue weighted by molar-refractivity contribution is -0.137. The fraction of sp³-hybridized carbons (Fsp3) is 0.696. The molecule has 0 spiro atoms. The van der Waals surface area contributed by atoms with Crippen LogP contribution >= 0.6 is 0 Å². The Morgan fingerprint density at radius 3 is 2.90 bits per heavy atom. The van der Waals surface area contributed by atoms with E-state index in [9.17, 15) is 15.0 Å². The number of carboxylic acid groups (broad SMARTS) is 1. The summed E-state index contributed by atoms with van der Waals surface area (Å²) < 4.78 is 11.6. The van der Waals surface area contributed by atoms with Crippen molar-refractivity contribution in [1.29, 1.82) is 0 Å². The summed E-state index contributed by atoms with van der Waals surface area (Å²) in [6.45, 7) is 2.55. The second-order valence-corrected chi connectivity index (χ2v) is 8.65. The molecule has 2 fully saturated rings. The molecule has 3 rings (SSSR count). The average molecular weight is 407 g/mol. The van der Waals surface area contributed by atoms with Gasteiger partial charge in [0.15, 0.2) is 0 Å². The van der Waals surface area contributed by atoms with Crippen molar-refractivity contribution < 1.29 is 29.3 Å².